The second-order valence-electron chi connectivity index (χ2n) is 5.13. The molecule has 4 heteroatoms. The van der Waals surface area contributed by atoms with Crippen LogP contribution in [-0.4, -0.2) is 9.97 Å². The summed E-state index contributed by atoms with van der Waals surface area (Å²) in [5.41, 5.74) is 8.59. The van der Waals surface area contributed by atoms with E-state index in [2.05, 4.69) is 9.97 Å². The maximum absolute atomic E-state index is 14.2. The predicted molar refractivity (Wildman–Crippen MR) is 75.4 cm³/mol. The van der Waals surface area contributed by atoms with E-state index in [1.54, 1.807) is 6.07 Å². The van der Waals surface area contributed by atoms with Gasteiger partial charge in [-0.1, -0.05) is 19.9 Å². The minimum absolute atomic E-state index is 0.149. The number of aryl methyl sites for hydroxylation is 2. The lowest BCUT2D eigenvalue weighted by Gasteiger charge is -2.11. The summed E-state index contributed by atoms with van der Waals surface area (Å²) in [4.78, 5) is 8.60. The van der Waals surface area contributed by atoms with E-state index in [1.807, 2.05) is 33.8 Å². The van der Waals surface area contributed by atoms with E-state index >= 15 is 0 Å². The number of nitrogen functional groups attached to an aromatic ring is 1. The molecule has 0 aliphatic heterocycles. The third-order valence-corrected chi connectivity index (χ3v) is 2.97. The molecule has 2 rings (SSSR count). The number of nitrogens with zero attached hydrogens (tertiary/aromatic N) is 2. The van der Waals surface area contributed by atoms with Crippen LogP contribution in [-0.2, 0) is 0 Å². The van der Waals surface area contributed by atoms with E-state index in [0.717, 1.165) is 11.1 Å². The van der Waals surface area contributed by atoms with Gasteiger partial charge < -0.3 is 5.73 Å². The van der Waals surface area contributed by atoms with Crippen molar-refractivity contribution in [3.63, 3.8) is 0 Å². The van der Waals surface area contributed by atoms with Crippen LogP contribution in [0.25, 0.3) is 11.3 Å². The summed E-state index contributed by atoms with van der Waals surface area (Å²) in [6.07, 6.45) is 0. The molecule has 100 valence electrons. The maximum Gasteiger partial charge on any atom is 0.133 e. The molecule has 3 nitrogen and oxygen atoms in total. The van der Waals surface area contributed by atoms with Crippen LogP contribution < -0.4 is 5.73 Å². The van der Waals surface area contributed by atoms with Gasteiger partial charge >= 0.3 is 0 Å². The monoisotopic (exact) mass is 259 g/mol. The molecule has 2 aromatic rings. The van der Waals surface area contributed by atoms with Crippen LogP contribution in [0.3, 0.4) is 0 Å². The average molecular weight is 259 g/mol. The van der Waals surface area contributed by atoms with Gasteiger partial charge in [-0.15, -0.1) is 0 Å². The van der Waals surface area contributed by atoms with Crippen LogP contribution in [0.5, 0.6) is 0 Å². The molecule has 0 spiro atoms. The van der Waals surface area contributed by atoms with E-state index in [4.69, 9.17) is 5.73 Å². The maximum atomic E-state index is 14.2. The van der Waals surface area contributed by atoms with Gasteiger partial charge in [0.05, 0.1) is 5.69 Å². The van der Waals surface area contributed by atoms with Gasteiger partial charge in [0.15, 0.2) is 0 Å². The van der Waals surface area contributed by atoms with E-state index in [0.29, 0.717) is 22.9 Å². The number of hydrogen-bond acceptors (Lipinski definition) is 3. The van der Waals surface area contributed by atoms with E-state index < -0.39 is 0 Å². The molecule has 0 aliphatic carbocycles. The number of rotatable bonds is 2. The molecular formula is C15H18FN3. The van der Waals surface area contributed by atoms with Gasteiger partial charge in [0.1, 0.15) is 17.5 Å². The van der Waals surface area contributed by atoms with Gasteiger partial charge in [-0.2, -0.15) is 0 Å². The first-order valence-electron chi connectivity index (χ1n) is 6.30. The highest BCUT2D eigenvalue weighted by Gasteiger charge is 2.14. The van der Waals surface area contributed by atoms with Crippen molar-refractivity contribution < 1.29 is 4.39 Å². The third kappa shape index (κ3) is 2.72. The molecule has 0 saturated carbocycles. The van der Waals surface area contributed by atoms with E-state index in [9.17, 15) is 4.39 Å². The summed E-state index contributed by atoms with van der Waals surface area (Å²) in [6, 6.07) is 5.06. The lowest BCUT2D eigenvalue weighted by molar-refractivity contribution is 0.628. The van der Waals surface area contributed by atoms with Crippen molar-refractivity contribution in [2.45, 2.75) is 33.6 Å². The highest BCUT2D eigenvalue weighted by atomic mass is 19.1. The van der Waals surface area contributed by atoms with Crippen molar-refractivity contribution in [1.29, 1.82) is 0 Å². The second kappa shape index (κ2) is 4.96. The fourth-order valence-electron chi connectivity index (χ4n) is 2.11. The fraction of sp³-hybridized carbons (Fsp3) is 0.333. The first-order valence-corrected chi connectivity index (χ1v) is 6.30. The summed E-state index contributed by atoms with van der Waals surface area (Å²) in [5, 5.41) is 0. The number of aromatic nitrogens is 2. The fourth-order valence-corrected chi connectivity index (χ4v) is 2.11. The van der Waals surface area contributed by atoms with Crippen molar-refractivity contribution in [3.8, 4) is 11.3 Å². The van der Waals surface area contributed by atoms with Crippen molar-refractivity contribution in [2.75, 3.05) is 5.73 Å². The number of halogens is 1. The zero-order valence-electron chi connectivity index (χ0n) is 11.7. The molecule has 1 heterocycles. The van der Waals surface area contributed by atoms with Crippen LogP contribution in [0.15, 0.2) is 18.2 Å². The standard InChI is InChI=1S/C15H18FN3/c1-8(2)15-18-12(7-13(17)19-15)14-10(4)5-9(3)6-11(14)16/h5-8H,1-4H3,(H2,17,18,19). The van der Waals surface area contributed by atoms with Gasteiger partial charge in [-0.05, 0) is 31.0 Å². The molecule has 0 fully saturated rings. The summed E-state index contributed by atoms with van der Waals surface area (Å²) < 4.78 is 14.2. The lowest BCUT2D eigenvalue weighted by Crippen LogP contribution is -2.04. The molecule has 0 atom stereocenters. The molecular weight excluding hydrogens is 241 g/mol. The minimum Gasteiger partial charge on any atom is -0.384 e. The Morgan fingerprint density at radius 1 is 1.11 bits per heavy atom. The van der Waals surface area contributed by atoms with Crippen LogP contribution in [0.2, 0.25) is 0 Å². The van der Waals surface area contributed by atoms with Gasteiger partial charge in [-0.3, -0.25) is 0 Å². The summed E-state index contributed by atoms with van der Waals surface area (Å²) >= 11 is 0. The molecule has 0 aliphatic rings. The van der Waals surface area contributed by atoms with Crippen molar-refractivity contribution >= 4 is 5.82 Å². The normalized spacial score (nSPS) is 11.1. The van der Waals surface area contributed by atoms with Gasteiger partial charge in [0, 0.05) is 17.5 Å². The van der Waals surface area contributed by atoms with Crippen molar-refractivity contribution in [2.24, 2.45) is 0 Å². The van der Waals surface area contributed by atoms with Crippen LogP contribution in [0.4, 0.5) is 10.2 Å². The topological polar surface area (TPSA) is 51.8 Å². The molecule has 1 aromatic carbocycles. The molecule has 0 radical (unpaired) electrons. The highest BCUT2D eigenvalue weighted by Crippen LogP contribution is 2.28. The zero-order chi connectivity index (χ0) is 14.2. The largest absolute Gasteiger partial charge is 0.384 e. The summed E-state index contributed by atoms with van der Waals surface area (Å²) in [6.45, 7) is 7.71. The average Bonchev–Trinajstić information content (AvgIpc) is 2.26. The van der Waals surface area contributed by atoms with Gasteiger partial charge in [0.2, 0.25) is 0 Å². The molecule has 19 heavy (non-hydrogen) atoms. The van der Waals surface area contributed by atoms with Crippen molar-refractivity contribution in [3.05, 3.63) is 41.0 Å². The van der Waals surface area contributed by atoms with Crippen LogP contribution in [0, 0.1) is 19.7 Å². The smallest absolute Gasteiger partial charge is 0.133 e. The minimum atomic E-state index is -0.273. The SMILES string of the molecule is Cc1cc(C)c(-c2cc(N)nc(C(C)C)n2)c(F)c1. The number of anilines is 1. The Hall–Kier alpha value is -1.97. The lowest BCUT2D eigenvalue weighted by atomic mass is 10.0. The third-order valence-electron chi connectivity index (χ3n) is 2.97. The Labute approximate surface area is 112 Å². The Morgan fingerprint density at radius 2 is 1.79 bits per heavy atom. The Balaban J connectivity index is 2.65. The van der Waals surface area contributed by atoms with E-state index in [-0.39, 0.29) is 11.7 Å². The summed E-state index contributed by atoms with van der Waals surface area (Å²) in [7, 11) is 0. The first-order chi connectivity index (χ1) is 8.88. The summed E-state index contributed by atoms with van der Waals surface area (Å²) in [5.74, 6) is 0.879. The quantitative estimate of drug-likeness (QED) is 0.896. The van der Waals surface area contributed by atoms with E-state index in [1.165, 1.54) is 6.07 Å². The molecule has 0 unspecified atom stereocenters. The van der Waals surface area contributed by atoms with Crippen LogP contribution >= 0.6 is 0 Å². The van der Waals surface area contributed by atoms with Gasteiger partial charge in [0.25, 0.3) is 0 Å². The Morgan fingerprint density at radius 3 is 2.37 bits per heavy atom. The predicted octanol–water partition coefficient (Wildman–Crippen LogP) is 3.61. The number of nitrogens with two attached hydrogens (primary N) is 1. The number of hydrogen-bond donors (Lipinski definition) is 1. The van der Waals surface area contributed by atoms with Crippen LogP contribution in [0.1, 0.15) is 36.7 Å². The second-order valence-corrected chi connectivity index (χ2v) is 5.13. The van der Waals surface area contributed by atoms with Gasteiger partial charge in [-0.25, -0.2) is 14.4 Å². The molecule has 0 bridgehead atoms. The molecule has 2 N–H and O–H groups in total. The zero-order valence-corrected chi connectivity index (χ0v) is 11.7. The molecule has 0 saturated heterocycles. The Bertz CT molecular complexity index is 598. The molecule has 0 amide bonds. The van der Waals surface area contributed by atoms with Crippen molar-refractivity contribution in [1.82, 2.24) is 9.97 Å². The Kier molecular flexibility index (Phi) is 3.51. The highest BCUT2D eigenvalue weighted by molar-refractivity contribution is 5.66. The first kappa shape index (κ1) is 13.5. The molecule has 1 aromatic heterocycles. The number of benzene rings is 1.